The summed E-state index contributed by atoms with van der Waals surface area (Å²) in [4.78, 5) is 0. The van der Waals surface area contributed by atoms with Crippen LogP contribution < -0.4 is 5.73 Å². The second kappa shape index (κ2) is 4.82. The van der Waals surface area contributed by atoms with Crippen LogP contribution >= 0.6 is 11.6 Å². The molecule has 0 radical (unpaired) electrons. The van der Waals surface area contributed by atoms with E-state index in [1.807, 2.05) is 0 Å². The summed E-state index contributed by atoms with van der Waals surface area (Å²) in [7, 11) is 0. The van der Waals surface area contributed by atoms with Crippen molar-refractivity contribution in [1.29, 1.82) is 0 Å². The average molecular weight is 254 g/mol. The van der Waals surface area contributed by atoms with Gasteiger partial charge >= 0.3 is 0 Å². The number of halogens is 3. The molecule has 0 amide bonds. The second-order valence-electron chi connectivity index (χ2n) is 3.63. The lowest BCUT2D eigenvalue weighted by Gasteiger charge is -2.08. The summed E-state index contributed by atoms with van der Waals surface area (Å²) >= 11 is 5.71. The van der Waals surface area contributed by atoms with Crippen LogP contribution in [0.3, 0.4) is 0 Å². The van der Waals surface area contributed by atoms with E-state index in [2.05, 4.69) is 0 Å². The van der Waals surface area contributed by atoms with Gasteiger partial charge in [-0.15, -0.1) is 0 Å². The molecule has 0 heterocycles. The molecule has 0 aromatic heterocycles. The second-order valence-corrected chi connectivity index (χ2v) is 4.04. The van der Waals surface area contributed by atoms with Crippen molar-refractivity contribution in [3.05, 3.63) is 58.6 Å². The van der Waals surface area contributed by atoms with Crippen LogP contribution in [0.2, 0.25) is 5.02 Å². The third-order valence-electron chi connectivity index (χ3n) is 2.52. The Balaban J connectivity index is 2.55. The fraction of sp³-hybridized carbons (Fsp3) is 0.0769. The van der Waals surface area contributed by atoms with Crippen LogP contribution in [-0.4, -0.2) is 0 Å². The van der Waals surface area contributed by atoms with E-state index >= 15 is 0 Å². The Morgan fingerprint density at radius 2 is 1.82 bits per heavy atom. The molecule has 4 heteroatoms. The van der Waals surface area contributed by atoms with Crippen LogP contribution in [0.1, 0.15) is 5.56 Å². The highest BCUT2D eigenvalue weighted by atomic mass is 35.5. The lowest BCUT2D eigenvalue weighted by molar-refractivity contribution is 0.625. The third kappa shape index (κ3) is 2.46. The molecular formula is C13H10ClF2N. The summed E-state index contributed by atoms with van der Waals surface area (Å²) in [6, 6.07) is 8.69. The van der Waals surface area contributed by atoms with Crippen LogP contribution in [0, 0.1) is 11.6 Å². The average Bonchev–Trinajstić information content (AvgIpc) is 2.32. The van der Waals surface area contributed by atoms with E-state index in [1.165, 1.54) is 24.3 Å². The van der Waals surface area contributed by atoms with Crippen molar-refractivity contribution < 1.29 is 8.78 Å². The van der Waals surface area contributed by atoms with Gasteiger partial charge in [0.2, 0.25) is 0 Å². The molecule has 1 nitrogen and oxygen atoms in total. The van der Waals surface area contributed by atoms with E-state index in [0.717, 1.165) is 11.1 Å². The molecule has 0 spiro atoms. The normalized spacial score (nSPS) is 10.6. The van der Waals surface area contributed by atoms with Crippen LogP contribution in [0.15, 0.2) is 36.4 Å². The molecular weight excluding hydrogens is 244 g/mol. The van der Waals surface area contributed by atoms with Gasteiger partial charge in [0.1, 0.15) is 11.6 Å². The Morgan fingerprint density at radius 3 is 2.47 bits per heavy atom. The smallest absolute Gasteiger partial charge is 0.141 e. The summed E-state index contributed by atoms with van der Waals surface area (Å²) in [6.07, 6.45) is 0. The molecule has 0 saturated heterocycles. The fourth-order valence-electron chi connectivity index (χ4n) is 1.68. The quantitative estimate of drug-likeness (QED) is 0.867. The monoisotopic (exact) mass is 253 g/mol. The minimum atomic E-state index is -0.480. The van der Waals surface area contributed by atoms with Gasteiger partial charge in [0, 0.05) is 6.54 Å². The van der Waals surface area contributed by atoms with E-state index < -0.39 is 5.82 Å². The highest BCUT2D eigenvalue weighted by Gasteiger charge is 2.07. The van der Waals surface area contributed by atoms with Gasteiger partial charge < -0.3 is 5.73 Å². The lowest BCUT2D eigenvalue weighted by Crippen LogP contribution is -1.99. The summed E-state index contributed by atoms with van der Waals surface area (Å²) in [5, 5.41) is 0.0368. The van der Waals surface area contributed by atoms with E-state index in [4.69, 9.17) is 17.3 Å². The molecule has 0 aliphatic rings. The first kappa shape index (κ1) is 12.0. The molecule has 2 N–H and O–H groups in total. The molecule has 0 bridgehead atoms. The zero-order valence-corrected chi connectivity index (χ0v) is 9.64. The van der Waals surface area contributed by atoms with Crippen molar-refractivity contribution in [2.24, 2.45) is 5.73 Å². The summed E-state index contributed by atoms with van der Waals surface area (Å²) in [6.45, 7) is 0.210. The SMILES string of the molecule is NCc1cc(F)ccc1-c1ccc(F)c(Cl)c1. The largest absolute Gasteiger partial charge is 0.326 e. The molecule has 0 fully saturated rings. The van der Waals surface area contributed by atoms with Gasteiger partial charge in [-0.1, -0.05) is 23.7 Å². The Bertz CT molecular complexity index is 555. The molecule has 2 aromatic carbocycles. The summed E-state index contributed by atoms with van der Waals surface area (Å²) in [5.41, 5.74) is 7.69. The molecule has 88 valence electrons. The van der Waals surface area contributed by atoms with Gasteiger partial charge in [0.15, 0.2) is 0 Å². The first-order valence-electron chi connectivity index (χ1n) is 5.05. The van der Waals surface area contributed by atoms with Gasteiger partial charge in [0.25, 0.3) is 0 Å². The predicted octanol–water partition coefficient (Wildman–Crippen LogP) is 3.74. The van der Waals surface area contributed by atoms with Crippen molar-refractivity contribution in [1.82, 2.24) is 0 Å². The molecule has 0 saturated carbocycles. The van der Waals surface area contributed by atoms with Crippen molar-refractivity contribution in [3.8, 4) is 11.1 Å². The highest BCUT2D eigenvalue weighted by molar-refractivity contribution is 6.31. The Kier molecular flexibility index (Phi) is 3.41. The molecule has 0 unspecified atom stereocenters. The minimum Gasteiger partial charge on any atom is -0.326 e. The van der Waals surface area contributed by atoms with Gasteiger partial charge in [-0.2, -0.15) is 0 Å². The van der Waals surface area contributed by atoms with Gasteiger partial charge in [-0.25, -0.2) is 8.78 Å². The van der Waals surface area contributed by atoms with Gasteiger partial charge in [-0.05, 0) is 41.0 Å². The van der Waals surface area contributed by atoms with Gasteiger partial charge in [0.05, 0.1) is 5.02 Å². The van der Waals surface area contributed by atoms with Crippen molar-refractivity contribution in [2.75, 3.05) is 0 Å². The summed E-state index contributed by atoms with van der Waals surface area (Å²) < 4.78 is 26.1. The predicted molar refractivity (Wildman–Crippen MR) is 64.7 cm³/mol. The minimum absolute atomic E-state index is 0.0368. The zero-order valence-electron chi connectivity index (χ0n) is 8.88. The van der Waals surface area contributed by atoms with E-state index in [1.54, 1.807) is 12.1 Å². The van der Waals surface area contributed by atoms with E-state index in [0.29, 0.717) is 5.56 Å². The molecule has 2 rings (SSSR count). The van der Waals surface area contributed by atoms with E-state index in [-0.39, 0.29) is 17.4 Å². The van der Waals surface area contributed by atoms with E-state index in [9.17, 15) is 8.78 Å². The summed E-state index contributed by atoms with van der Waals surface area (Å²) in [5.74, 6) is -0.825. The maximum absolute atomic E-state index is 13.1. The van der Waals surface area contributed by atoms with Crippen molar-refractivity contribution in [2.45, 2.75) is 6.54 Å². The number of benzene rings is 2. The molecule has 0 aliphatic carbocycles. The lowest BCUT2D eigenvalue weighted by atomic mass is 9.99. The number of hydrogen-bond donors (Lipinski definition) is 1. The highest BCUT2D eigenvalue weighted by Crippen LogP contribution is 2.28. The fourth-order valence-corrected chi connectivity index (χ4v) is 1.86. The number of rotatable bonds is 2. The molecule has 0 aliphatic heterocycles. The van der Waals surface area contributed by atoms with Crippen LogP contribution in [0.5, 0.6) is 0 Å². The first-order chi connectivity index (χ1) is 8.11. The zero-order chi connectivity index (χ0) is 12.4. The number of hydrogen-bond acceptors (Lipinski definition) is 1. The van der Waals surface area contributed by atoms with Crippen LogP contribution in [-0.2, 0) is 6.54 Å². The molecule has 17 heavy (non-hydrogen) atoms. The van der Waals surface area contributed by atoms with Crippen molar-refractivity contribution in [3.63, 3.8) is 0 Å². The first-order valence-corrected chi connectivity index (χ1v) is 5.43. The Morgan fingerprint density at radius 1 is 1.06 bits per heavy atom. The molecule has 2 aromatic rings. The standard InChI is InChI=1S/C13H10ClF2N/c14-12-6-8(1-4-13(12)16)11-3-2-10(15)5-9(11)7-17/h1-6H,7,17H2. The van der Waals surface area contributed by atoms with Crippen LogP contribution in [0.4, 0.5) is 8.78 Å². The Hall–Kier alpha value is -1.45. The Labute approximate surface area is 103 Å². The van der Waals surface area contributed by atoms with Crippen LogP contribution in [0.25, 0.3) is 11.1 Å². The molecule has 0 atom stereocenters. The van der Waals surface area contributed by atoms with Gasteiger partial charge in [-0.3, -0.25) is 0 Å². The van der Waals surface area contributed by atoms with Crippen molar-refractivity contribution >= 4 is 11.6 Å². The maximum Gasteiger partial charge on any atom is 0.141 e. The number of nitrogens with two attached hydrogens (primary N) is 1. The topological polar surface area (TPSA) is 26.0 Å². The third-order valence-corrected chi connectivity index (χ3v) is 2.81. The maximum atomic E-state index is 13.1.